The molecule has 1 aliphatic rings. The predicted molar refractivity (Wildman–Crippen MR) is 79.3 cm³/mol. The van der Waals surface area contributed by atoms with Gasteiger partial charge in [0.05, 0.1) is 12.0 Å². The molecule has 1 fully saturated rings. The molecular formula is C15H20FNO2S. The highest BCUT2D eigenvalue weighted by Crippen LogP contribution is 2.49. The van der Waals surface area contributed by atoms with Crippen molar-refractivity contribution in [2.45, 2.75) is 36.5 Å². The summed E-state index contributed by atoms with van der Waals surface area (Å²) in [4.78, 5) is 12.5. The number of halogens is 1. The van der Waals surface area contributed by atoms with Gasteiger partial charge < -0.3 is 10.4 Å². The van der Waals surface area contributed by atoms with Crippen LogP contribution in [0.2, 0.25) is 0 Å². The predicted octanol–water partition coefficient (Wildman–Crippen LogP) is 2.09. The van der Waals surface area contributed by atoms with E-state index >= 15 is 0 Å². The SMILES string of the molecule is CSC(CO)C(C)NC(=O)C1(c2ccccc2F)CC1. The van der Waals surface area contributed by atoms with E-state index in [1.807, 2.05) is 13.2 Å². The van der Waals surface area contributed by atoms with E-state index < -0.39 is 5.41 Å². The lowest BCUT2D eigenvalue weighted by Crippen LogP contribution is -2.46. The minimum Gasteiger partial charge on any atom is -0.395 e. The Morgan fingerprint density at radius 1 is 1.50 bits per heavy atom. The molecule has 0 aliphatic heterocycles. The third-order valence-corrected chi connectivity index (χ3v) is 5.14. The van der Waals surface area contributed by atoms with Gasteiger partial charge in [0, 0.05) is 16.9 Å². The lowest BCUT2D eigenvalue weighted by atomic mass is 9.94. The van der Waals surface area contributed by atoms with E-state index in [2.05, 4.69) is 5.32 Å². The van der Waals surface area contributed by atoms with Crippen LogP contribution >= 0.6 is 11.8 Å². The monoisotopic (exact) mass is 297 g/mol. The standard InChI is InChI=1S/C15H20FNO2S/c1-10(13(9-18)20-2)17-14(19)15(7-8-15)11-5-3-4-6-12(11)16/h3-6,10,13,18H,7-9H2,1-2H3,(H,17,19). The lowest BCUT2D eigenvalue weighted by Gasteiger charge is -2.24. The van der Waals surface area contributed by atoms with Crippen molar-refractivity contribution in [3.63, 3.8) is 0 Å². The maximum atomic E-state index is 13.9. The van der Waals surface area contributed by atoms with E-state index in [-0.39, 0.29) is 29.6 Å². The summed E-state index contributed by atoms with van der Waals surface area (Å²) in [6, 6.07) is 6.32. The number of aliphatic hydroxyl groups excluding tert-OH is 1. The number of aliphatic hydroxyl groups is 1. The molecule has 0 bridgehead atoms. The van der Waals surface area contributed by atoms with Gasteiger partial charge in [0.25, 0.3) is 0 Å². The molecule has 0 saturated heterocycles. The van der Waals surface area contributed by atoms with Crippen molar-refractivity contribution in [3.8, 4) is 0 Å². The van der Waals surface area contributed by atoms with Crippen LogP contribution in [0.1, 0.15) is 25.3 Å². The lowest BCUT2D eigenvalue weighted by molar-refractivity contribution is -0.124. The third kappa shape index (κ3) is 2.83. The Balaban J connectivity index is 2.12. The number of thioether (sulfide) groups is 1. The molecule has 0 aromatic heterocycles. The van der Waals surface area contributed by atoms with Crippen LogP contribution in [-0.4, -0.2) is 35.2 Å². The molecule has 0 spiro atoms. The van der Waals surface area contributed by atoms with Crippen LogP contribution in [0.25, 0.3) is 0 Å². The van der Waals surface area contributed by atoms with Gasteiger partial charge in [0.15, 0.2) is 0 Å². The zero-order valence-corrected chi connectivity index (χ0v) is 12.5. The van der Waals surface area contributed by atoms with Gasteiger partial charge in [-0.3, -0.25) is 4.79 Å². The first-order chi connectivity index (χ1) is 9.55. The molecule has 0 heterocycles. The number of hydrogen-bond acceptors (Lipinski definition) is 3. The molecule has 2 atom stereocenters. The molecule has 5 heteroatoms. The zero-order valence-electron chi connectivity index (χ0n) is 11.7. The fourth-order valence-corrected chi connectivity index (χ4v) is 3.09. The minimum absolute atomic E-state index is 0.00924. The number of hydrogen-bond donors (Lipinski definition) is 2. The van der Waals surface area contributed by atoms with Crippen molar-refractivity contribution in [1.82, 2.24) is 5.32 Å². The Morgan fingerprint density at radius 2 is 2.15 bits per heavy atom. The molecule has 1 aliphatic carbocycles. The Bertz CT molecular complexity index is 487. The van der Waals surface area contributed by atoms with Crippen LogP contribution in [0.15, 0.2) is 24.3 Å². The molecular weight excluding hydrogens is 277 g/mol. The Kier molecular flexibility index (Phi) is 4.70. The first-order valence-corrected chi connectivity index (χ1v) is 8.03. The summed E-state index contributed by atoms with van der Waals surface area (Å²) >= 11 is 1.51. The summed E-state index contributed by atoms with van der Waals surface area (Å²) in [6.07, 6.45) is 3.25. The van der Waals surface area contributed by atoms with E-state index in [0.29, 0.717) is 18.4 Å². The normalized spacial score (nSPS) is 19.2. The van der Waals surface area contributed by atoms with E-state index in [1.54, 1.807) is 18.2 Å². The van der Waals surface area contributed by atoms with Gasteiger partial charge in [-0.15, -0.1) is 0 Å². The second-order valence-electron chi connectivity index (χ2n) is 5.28. The van der Waals surface area contributed by atoms with Crippen molar-refractivity contribution in [3.05, 3.63) is 35.6 Å². The Morgan fingerprint density at radius 3 is 2.65 bits per heavy atom. The molecule has 1 aromatic carbocycles. The van der Waals surface area contributed by atoms with E-state index in [0.717, 1.165) is 0 Å². The van der Waals surface area contributed by atoms with E-state index in [1.165, 1.54) is 17.8 Å². The first kappa shape index (κ1) is 15.3. The largest absolute Gasteiger partial charge is 0.395 e. The molecule has 3 nitrogen and oxygen atoms in total. The van der Waals surface area contributed by atoms with Crippen molar-refractivity contribution >= 4 is 17.7 Å². The van der Waals surface area contributed by atoms with Crippen LogP contribution in [-0.2, 0) is 10.2 Å². The van der Waals surface area contributed by atoms with Gasteiger partial charge in [-0.1, -0.05) is 18.2 Å². The highest BCUT2D eigenvalue weighted by molar-refractivity contribution is 7.99. The number of rotatable bonds is 6. The van der Waals surface area contributed by atoms with E-state index in [9.17, 15) is 14.3 Å². The number of benzene rings is 1. The van der Waals surface area contributed by atoms with Crippen molar-refractivity contribution in [1.29, 1.82) is 0 Å². The van der Waals surface area contributed by atoms with Gasteiger partial charge in [-0.2, -0.15) is 11.8 Å². The number of carbonyl (C=O) groups excluding carboxylic acids is 1. The van der Waals surface area contributed by atoms with Crippen LogP contribution in [0.4, 0.5) is 4.39 Å². The zero-order chi connectivity index (χ0) is 14.8. The fourth-order valence-electron chi connectivity index (χ4n) is 2.47. The van der Waals surface area contributed by atoms with Crippen molar-refractivity contribution in [2.75, 3.05) is 12.9 Å². The van der Waals surface area contributed by atoms with Gasteiger partial charge in [0.2, 0.25) is 5.91 Å². The van der Waals surface area contributed by atoms with Crippen molar-refractivity contribution < 1.29 is 14.3 Å². The van der Waals surface area contributed by atoms with Crippen molar-refractivity contribution in [2.24, 2.45) is 0 Å². The van der Waals surface area contributed by atoms with Gasteiger partial charge in [0.1, 0.15) is 5.82 Å². The van der Waals surface area contributed by atoms with E-state index in [4.69, 9.17) is 0 Å². The number of amides is 1. The topological polar surface area (TPSA) is 49.3 Å². The molecule has 2 rings (SSSR count). The molecule has 1 saturated carbocycles. The summed E-state index contributed by atoms with van der Waals surface area (Å²) in [6.45, 7) is 1.88. The second kappa shape index (κ2) is 6.14. The quantitative estimate of drug-likeness (QED) is 0.845. The third-order valence-electron chi connectivity index (χ3n) is 3.97. The summed E-state index contributed by atoms with van der Waals surface area (Å²) in [7, 11) is 0. The summed E-state index contributed by atoms with van der Waals surface area (Å²) in [5.74, 6) is -0.459. The molecule has 20 heavy (non-hydrogen) atoms. The van der Waals surface area contributed by atoms with Gasteiger partial charge >= 0.3 is 0 Å². The van der Waals surface area contributed by atoms with Gasteiger partial charge in [-0.25, -0.2) is 4.39 Å². The van der Waals surface area contributed by atoms with Crippen LogP contribution in [0.3, 0.4) is 0 Å². The second-order valence-corrected chi connectivity index (χ2v) is 6.36. The molecule has 2 N–H and O–H groups in total. The maximum absolute atomic E-state index is 13.9. The Labute approximate surface area is 123 Å². The summed E-state index contributed by atoms with van der Waals surface area (Å²) in [5, 5.41) is 12.1. The molecule has 1 amide bonds. The van der Waals surface area contributed by atoms with Crippen LogP contribution < -0.4 is 5.32 Å². The first-order valence-electron chi connectivity index (χ1n) is 6.75. The molecule has 110 valence electrons. The molecule has 2 unspecified atom stereocenters. The Hall–Kier alpha value is -1.07. The van der Waals surface area contributed by atoms with Crippen LogP contribution in [0.5, 0.6) is 0 Å². The molecule has 1 aromatic rings. The van der Waals surface area contributed by atoms with Crippen LogP contribution in [0, 0.1) is 5.82 Å². The number of nitrogens with one attached hydrogen (secondary N) is 1. The summed E-state index contributed by atoms with van der Waals surface area (Å²) < 4.78 is 13.9. The summed E-state index contributed by atoms with van der Waals surface area (Å²) in [5.41, 5.74) is -0.229. The number of carbonyl (C=O) groups is 1. The minimum atomic E-state index is -0.710. The maximum Gasteiger partial charge on any atom is 0.231 e. The fraction of sp³-hybridized carbons (Fsp3) is 0.533. The smallest absolute Gasteiger partial charge is 0.231 e. The average Bonchev–Trinajstić information content (AvgIpc) is 3.22. The highest BCUT2D eigenvalue weighted by Gasteiger charge is 2.53. The molecule has 0 radical (unpaired) electrons. The highest BCUT2D eigenvalue weighted by atomic mass is 32.2. The average molecular weight is 297 g/mol. The van der Waals surface area contributed by atoms with Gasteiger partial charge in [-0.05, 0) is 32.1 Å².